The summed E-state index contributed by atoms with van der Waals surface area (Å²) in [5.41, 5.74) is -0.0407. The van der Waals surface area contributed by atoms with E-state index in [1.54, 1.807) is 11.8 Å². The molecule has 1 aliphatic rings. The second-order valence-corrected chi connectivity index (χ2v) is 8.17. The van der Waals surface area contributed by atoms with Crippen molar-refractivity contribution in [2.45, 2.75) is 41.9 Å². The number of aromatic carboxylic acids is 1. The lowest BCUT2D eigenvalue weighted by Crippen LogP contribution is -2.38. The summed E-state index contributed by atoms with van der Waals surface area (Å²) in [6, 6.07) is 1.12. The molecule has 0 aliphatic heterocycles. The van der Waals surface area contributed by atoms with E-state index >= 15 is 0 Å². The van der Waals surface area contributed by atoms with Gasteiger partial charge in [-0.05, 0) is 31.6 Å². The summed E-state index contributed by atoms with van der Waals surface area (Å²) in [6.07, 6.45) is 7.15. The molecule has 0 saturated heterocycles. The lowest BCUT2D eigenvalue weighted by molar-refractivity contribution is 0.0686. The number of nitrogens with zero attached hydrogens (tertiary/aromatic N) is 1. The van der Waals surface area contributed by atoms with Crippen molar-refractivity contribution in [3.05, 3.63) is 18.0 Å². The monoisotopic (exact) mass is 332 g/mol. The molecule has 2 unspecified atom stereocenters. The summed E-state index contributed by atoms with van der Waals surface area (Å²) < 4.78 is 28.7. The number of nitrogens with one attached hydrogen (secondary N) is 1. The van der Waals surface area contributed by atoms with Crippen LogP contribution >= 0.6 is 11.8 Å². The van der Waals surface area contributed by atoms with Gasteiger partial charge in [-0.1, -0.05) is 6.42 Å². The summed E-state index contributed by atoms with van der Waals surface area (Å²) in [4.78, 5) is 11.0. The fourth-order valence-corrected chi connectivity index (χ4v) is 4.83. The number of carbonyl (C=O) groups is 1. The van der Waals surface area contributed by atoms with Gasteiger partial charge in [0.1, 0.15) is 10.6 Å². The van der Waals surface area contributed by atoms with E-state index in [1.165, 1.54) is 23.9 Å². The first kappa shape index (κ1) is 16.4. The molecular formula is C13H20N2O4S2. The number of aromatic nitrogens is 1. The summed E-state index contributed by atoms with van der Waals surface area (Å²) >= 11 is 1.77. The number of carboxylic acid groups (broad SMARTS) is 1. The van der Waals surface area contributed by atoms with E-state index in [4.69, 9.17) is 5.11 Å². The van der Waals surface area contributed by atoms with Crippen molar-refractivity contribution in [2.75, 3.05) is 6.26 Å². The Labute approximate surface area is 129 Å². The van der Waals surface area contributed by atoms with Gasteiger partial charge in [-0.25, -0.2) is 17.9 Å². The van der Waals surface area contributed by atoms with Crippen LogP contribution in [0.3, 0.4) is 0 Å². The Hall–Kier alpha value is -0.990. The average Bonchev–Trinajstić information content (AvgIpc) is 2.81. The number of carboxylic acids is 1. The van der Waals surface area contributed by atoms with Crippen molar-refractivity contribution in [1.29, 1.82) is 0 Å². The van der Waals surface area contributed by atoms with Crippen molar-refractivity contribution >= 4 is 27.8 Å². The van der Waals surface area contributed by atoms with Crippen LogP contribution in [0.1, 0.15) is 36.2 Å². The van der Waals surface area contributed by atoms with Crippen LogP contribution in [-0.4, -0.2) is 41.6 Å². The number of hydrogen-bond donors (Lipinski definition) is 2. The van der Waals surface area contributed by atoms with E-state index in [1.807, 2.05) is 6.26 Å². The Bertz CT molecular complexity index is 624. The molecule has 1 fully saturated rings. The SMILES string of the molecule is CSC1CCCC(NS(=O)(=O)c2cc(C(=O)O)n(C)c2)C1. The minimum Gasteiger partial charge on any atom is -0.477 e. The first-order valence-electron chi connectivity index (χ1n) is 6.78. The zero-order chi connectivity index (χ0) is 15.6. The Kier molecular flexibility index (Phi) is 5.00. The van der Waals surface area contributed by atoms with Crippen molar-refractivity contribution in [2.24, 2.45) is 7.05 Å². The van der Waals surface area contributed by atoms with Crippen LogP contribution in [0.15, 0.2) is 17.2 Å². The molecule has 8 heteroatoms. The quantitative estimate of drug-likeness (QED) is 0.856. The largest absolute Gasteiger partial charge is 0.477 e. The maximum atomic E-state index is 12.4. The Morgan fingerprint density at radius 1 is 1.48 bits per heavy atom. The second kappa shape index (κ2) is 6.41. The van der Waals surface area contributed by atoms with Gasteiger partial charge in [0.2, 0.25) is 10.0 Å². The van der Waals surface area contributed by atoms with Crippen molar-refractivity contribution in [3.63, 3.8) is 0 Å². The first-order valence-corrected chi connectivity index (χ1v) is 9.55. The smallest absolute Gasteiger partial charge is 0.352 e. The van der Waals surface area contributed by atoms with Crippen LogP contribution < -0.4 is 4.72 Å². The zero-order valence-corrected chi connectivity index (χ0v) is 13.7. The number of hydrogen-bond acceptors (Lipinski definition) is 4. The molecule has 0 amide bonds. The van der Waals surface area contributed by atoms with Gasteiger partial charge in [-0.3, -0.25) is 0 Å². The highest BCUT2D eigenvalue weighted by Crippen LogP contribution is 2.28. The molecule has 1 aromatic rings. The molecule has 21 heavy (non-hydrogen) atoms. The topological polar surface area (TPSA) is 88.4 Å². The lowest BCUT2D eigenvalue weighted by atomic mass is 9.96. The van der Waals surface area contributed by atoms with E-state index in [2.05, 4.69) is 4.72 Å². The standard InChI is InChI=1S/C13H20N2O4S2/c1-15-8-11(7-12(15)13(16)17)21(18,19)14-9-4-3-5-10(6-9)20-2/h7-10,14H,3-6H2,1-2H3,(H,16,17). The molecule has 1 saturated carbocycles. The van der Waals surface area contributed by atoms with Gasteiger partial charge in [-0.15, -0.1) is 0 Å². The molecule has 2 rings (SSSR count). The van der Waals surface area contributed by atoms with Gasteiger partial charge in [0.05, 0.1) is 0 Å². The molecule has 6 nitrogen and oxygen atoms in total. The Balaban J connectivity index is 2.15. The van der Waals surface area contributed by atoms with Crippen LogP contribution in [0.5, 0.6) is 0 Å². The number of aryl methyl sites for hydroxylation is 1. The molecule has 0 radical (unpaired) electrons. The minimum absolute atomic E-state index is 0.00803. The van der Waals surface area contributed by atoms with E-state index in [0.29, 0.717) is 5.25 Å². The molecule has 0 aromatic carbocycles. The molecule has 0 spiro atoms. The predicted molar refractivity (Wildman–Crippen MR) is 82.3 cm³/mol. The van der Waals surface area contributed by atoms with Gasteiger partial charge in [0.15, 0.2) is 0 Å². The van der Waals surface area contributed by atoms with Crippen LogP contribution in [0, 0.1) is 0 Å². The van der Waals surface area contributed by atoms with Gasteiger partial charge in [-0.2, -0.15) is 11.8 Å². The third-order valence-electron chi connectivity index (χ3n) is 3.79. The van der Waals surface area contributed by atoms with E-state index in [0.717, 1.165) is 25.7 Å². The molecule has 2 N–H and O–H groups in total. The van der Waals surface area contributed by atoms with Crippen LogP contribution in [0.2, 0.25) is 0 Å². The van der Waals surface area contributed by atoms with Gasteiger partial charge in [0.25, 0.3) is 0 Å². The van der Waals surface area contributed by atoms with Gasteiger partial charge in [0, 0.05) is 24.5 Å². The fraction of sp³-hybridized carbons (Fsp3) is 0.615. The minimum atomic E-state index is -3.67. The molecule has 1 heterocycles. The summed E-state index contributed by atoms with van der Waals surface area (Å²) in [5, 5.41) is 9.48. The summed E-state index contributed by atoms with van der Waals surface area (Å²) in [6.45, 7) is 0. The maximum absolute atomic E-state index is 12.4. The van der Waals surface area contributed by atoms with E-state index in [9.17, 15) is 13.2 Å². The highest BCUT2D eigenvalue weighted by molar-refractivity contribution is 7.99. The number of rotatable bonds is 5. The predicted octanol–water partition coefficient (Wildman–Crippen LogP) is 1.68. The number of sulfonamides is 1. The Morgan fingerprint density at radius 2 is 2.19 bits per heavy atom. The fourth-order valence-electron chi connectivity index (χ4n) is 2.65. The van der Waals surface area contributed by atoms with E-state index in [-0.39, 0.29) is 16.6 Å². The van der Waals surface area contributed by atoms with Gasteiger partial charge < -0.3 is 9.67 Å². The third-order valence-corrected chi connectivity index (χ3v) is 6.37. The summed E-state index contributed by atoms with van der Waals surface area (Å²) in [7, 11) is -2.15. The maximum Gasteiger partial charge on any atom is 0.352 e. The van der Waals surface area contributed by atoms with Crippen molar-refractivity contribution in [3.8, 4) is 0 Å². The van der Waals surface area contributed by atoms with Gasteiger partial charge >= 0.3 is 5.97 Å². The highest BCUT2D eigenvalue weighted by Gasteiger charge is 2.27. The molecular weight excluding hydrogens is 312 g/mol. The zero-order valence-electron chi connectivity index (χ0n) is 12.1. The van der Waals surface area contributed by atoms with E-state index < -0.39 is 16.0 Å². The van der Waals surface area contributed by atoms with Crippen molar-refractivity contribution in [1.82, 2.24) is 9.29 Å². The summed E-state index contributed by atoms with van der Waals surface area (Å²) in [5.74, 6) is -1.14. The highest BCUT2D eigenvalue weighted by atomic mass is 32.2. The molecule has 1 aromatic heterocycles. The molecule has 118 valence electrons. The van der Waals surface area contributed by atoms with Crippen molar-refractivity contribution < 1.29 is 18.3 Å². The lowest BCUT2D eigenvalue weighted by Gasteiger charge is -2.28. The number of thioether (sulfide) groups is 1. The van der Waals surface area contributed by atoms with Crippen LogP contribution in [0.4, 0.5) is 0 Å². The second-order valence-electron chi connectivity index (χ2n) is 5.32. The third kappa shape index (κ3) is 3.81. The molecule has 0 bridgehead atoms. The Morgan fingerprint density at radius 3 is 2.76 bits per heavy atom. The first-order chi connectivity index (χ1) is 9.83. The van der Waals surface area contributed by atoms with Crippen LogP contribution in [0.25, 0.3) is 0 Å². The molecule has 1 aliphatic carbocycles. The van der Waals surface area contributed by atoms with Crippen LogP contribution in [-0.2, 0) is 17.1 Å². The molecule has 2 atom stereocenters. The average molecular weight is 332 g/mol. The normalized spacial score (nSPS) is 23.1.